The maximum absolute atomic E-state index is 12.6. The van der Waals surface area contributed by atoms with Crippen LogP contribution in [0.1, 0.15) is 23.2 Å². The smallest absolute Gasteiger partial charge is 0.257 e. The van der Waals surface area contributed by atoms with Gasteiger partial charge in [-0.2, -0.15) is 4.31 Å². The first-order chi connectivity index (χ1) is 15.4. The molecule has 1 fully saturated rings. The van der Waals surface area contributed by atoms with E-state index in [-0.39, 0.29) is 16.8 Å². The van der Waals surface area contributed by atoms with Crippen LogP contribution in [0.5, 0.6) is 0 Å². The van der Waals surface area contributed by atoms with Crippen LogP contribution in [0.15, 0.2) is 77.0 Å². The van der Waals surface area contributed by atoms with Gasteiger partial charge in [-0.05, 0) is 53.9 Å². The van der Waals surface area contributed by atoms with Crippen molar-refractivity contribution in [1.29, 1.82) is 0 Å². The number of carbonyl (C=O) groups is 1. The molecule has 0 saturated heterocycles. The number of fused-ring (bicyclic) bond motifs is 1. The number of nitrogens with zero attached hydrogens (tertiary/aromatic N) is 2. The molecule has 1 heterocycles. The quantitative estimate of drug-likeness (QED) is 0.436. The molecule has 1 aliphatic carbocycles. The van der Waals surface area contributed by atoms with Crippen molar-refractivity contribution < 1.29 is 13.2 Å². The summed E-state index contributed by atoms with van der Waals surface area (Å²) in [5.41, 5.74) is 2.15. The van der Waals surface area contributed by atoms with E-state index in [2.05, 4.69) is 34.6 Å². The number of anilines is 1. The Labute approximate surface area is 190 Å². The van der Waals surface area contributed by atoms with Gasteiger partial charge in [0.2, 0.25) is 10.0 Å². The molecule has 0 bridgehead atoms. The van der Waals surface area contributed by atoms with E-state index in [9.17, 15) is 13.2 Å². The highest BCUT2D eigenvalue weighted by Crippen LogP contribution is 2.31. The average Bonchev–Trinajstić information content (AvgIpc) is 3.56. The second-order valence-electron chi connectivity index (χ2n) is 7.83. The fraction of sp³-hybridized carbons (Fsp3) is 0.167. The third kappa shape index (κ3) is 4.04. The van der Waals surface area contributed by atoms with Gasteiger partial charge < -0.3 is 0 Å². The highest BCUT2D eigenvalue weighted by Gasteiger charge is 2.35. The summed E-state index contributed by atoms with van der Waals surface area (Å²) in [6.07, 6.45) is 1.79. The van der Waals surface area contributed by atoms with Crippen molar-refractivity contribution >= 4 is 43.2 Å². The van der Waals surface area contributed by atoms with E-state index in [0.29, 0.717) is 10.7 Å². The first kappa shape index (κ1) is 20.8. The van der Waals surface area contributed by atoms with Gasteiger partial charge in [-0.25, -0.2) is 13.4 Å². The van der Waals surface area contributed by atoms with Gasteiger partial charge in [0.05, 0.1) is 10.6 Å². The predicted octanol–water partition coefficient (Wildman–Crippen LogP) is 5.00. The monoisotopic (exact) mass is 463 g/mol. The lowest BCUT2D eigenvalue weighted by molar-refractivity contribution is 0.102. The summed E-state index contributed by atoms with van der Waals surface area (Å²) in [7, 11) is -1.93. The third-order valence-corrected chi connectivity index (χ3v) is 8.31. The number of amides is 1. The minimum Gasteiger partial charge on any atom is -0.298 e. The normalized spacial score (nSPS) is 14.1. The van der Waals surface area contributed by atoms with Crippen molar-refractivity contribution in [2.24, 2.45) is 0 Å². The molecule has 32 heavy (non-hydrogen) atoms. The van der Waals surface area contributed by atoms with Crippen molar-refractivity contribution in [2.45, 2.75) is 23.8 Å². The molecule has 6 nitrogen and oxygen atoms in total. The molecule has 0 spiro atoms. The van der Waals surface area contributed by atoms with Crippen LogP contribution in [0.2, 0.25) is 0 Å². The highest BCUT2D eigenvalue weighted by molar-refractivity contribution is 7.89. The van der Waals surface area contributed by atoms with Crippen molar-refractivity contribution in [3.63, 3.8) is 0 Å². The second-order valence-corrected chi connectivity index (χ2v) is 10.7. The molecule has 0 atom stereocenters. The van der Waals surface area contributed by atoms with Crippen molar-refractivity contribution in [2.75, 3.05) is 12.4 Å². The standard InChI is InChI=1S/C24H21N3O3S2/c1-27(20-10-11-20)32(29,30)21-12-8-17(9-13-21)23(28)26-24-25-22(15-31-24)19-7-6-16-4-2-3-5-18(16)14-19/h2-9,12-15,20H,10-11H2,1H3,(H,25,26,28). The molecular weight excluding hydrogens is 442 g/mol. The number of nitrogens with one attached hydrogen (secondary N) is 1. The summed E-state index contributed by atoms with van der Waals surface area (Å²) in [6, 6.07) is 20.4. The van der Waals surface area contributed by atoms with Crippen LogP contribution in [0.4, 0.5) is 5.13 Å². The summed E-state index contributed by atoms with van der Waals surface area (Å²) in [4.78, 5) is 17.4. The minimum absolute atomic E-state index is 0.0877. The Bertz CT molecular complexity index is 1410. The summed E-state index contributed by atoms with van der Waals surface area (Å²) in [5, 5.41) is 7.49. The Kier molecular flexibility index (Phi) is 5.28. The first-order valence-electron chi connectivity index (χ1n) is 10.3. The molecule has 5 rings (SSSR count). The fourth-order valence-electron chi connectivity index (χ4n) is 3.56. The molecule has 4 aromatic rings. The Morgan fingerprint density at radius 3 is 2.47 bits per heavy atom. The molecule has 1 amide bonds. The minimum atomic E-state index is -3.53. The summed E-state index contributed by atoms with van der Waals surface area (Å²) in [6.45, 7) is 0. The van der Waals surface area contributed by atoms with E-state index in [4.69, 9.17) is 0 Å². The zero-order valence-electron chi connectivity index (χ0n) is 17.4. The molecule has 0 unspecified atom stereocenters. The zero-order chi connectivity index (χ0) is 22.3. The van der Waals surface area contributed by atoms with Crippen LogP contribution >= 0.6 is 11.3 Å². The van der Waals surface area contributed by atoms with E-state index in [0.717, 1.165) is 34.9 Å². The number of benzene rings is 3. The molecule has 3 aromatic carbocycles. The molecule has 0 radical (unpaired) electrons. The fourth-order valence-corrected chi connectivity index (χ4v) is 5.69. The van der Waals surface area contributed by atoms with Crippen molar-refractivity contribution in [3.8, 4) is 11.3 Å². The molecule has 1 aromatic heterocycles. The molecule has 1 saturated carbocycles. The summed E-state index contributed by atoms with van der Waals surface area (Å²) >= 11 is 1.35. The predicted molar refractivity (Wildman–Crippen MR) is 127 cm³/mol. The van der Waals surface area contributed by atoms with Crippen molar-refractivity contribution in [1.82, 2.24) is 9.29 Å². The van der Waals surface area contributed by atoms with Gasteiger partial charge in [-0.15, -0.1) is 11.3 Å². The Morgan fingerprint density at radius 2 is 1.75 bits per heavy atom. The number of hydrogen-bond acceptors (Lipinski definition) is 5. The Balaban J connectivity index is 1.30. The summed E-state index contributed by atoms with van der Waals surface area (Å²) < 4.78 is 26.7. The lowest BCUT2D eigenvalue weighted by Gasteiger charge is -2.16. The second kappa shape index (κ2) is 8.12. The number of rotatable bonds is 6. The van der Waals surface area contributed by atoms with E-state index in [1.807, 2.05) is 23.6 Å². The topological polar surface area (TPSA) is 79.4 Å². The lowest BCUT2D eigenvalue weighted by atomic mass is 10.1. The van der Waals surface area contributed by atoms with Gasteiger partial charge in [0.25, 0.3) is 5.91 Å². The van der Waals surface area contributed by atoms with E-state index >= 15 is 0 Å². The number of thiazole rings is 1. The van der Waals surface area contributed by atoms with Gasteiger partial charge in [-0.1, -0.05) is 36.4 Å². The van der Waals surface area contributed by atoms with Crippen LogP contribution < -0.4 is 5.32 Å². The number of hydrogen-bond donors (Lipinski definition) is 1. The number of sulfonamides is 1. The molecule has 0 aliphatic heterocycles. The maximum atomic E-state index is 12.6. The van der Waals surface area contributed by atoms with Gasteiger partial charge in [0, 0.05) is 29.6 Å². The largest absolute Gasteiger partial charge is 0.298 e. The highest BCUT2D eigenvalue weighted by atomic mass is 32.2. The molecule has 1 aliphatic rings. The number of aromatic nitrogens is 1. The van der Waals surface area contributed by atoms with E-state index in [1.165, 1.54) is 39.9 Å². The SMILES string of the molecule is CN(C1CC1)S(=O)(=O)c1ccc(C(=O)Nc2nc(-c3ccc4ccccc4c3)cs2)cc1. The van der Waals surface area contributed by atoms with Gasteiger partial charge in [0.15, 0.2) is 5.13 Å². The van der Waals surface area contributed by atoms with Gasteiger partial charge in [0.1, 0.15) is 0 Å². The van der Waals surface area contributed by atoms with Crippen molar-refractivity contribution in [3.05, 3.63) is 77.7 Å². The molecular formula is C24H21N3O3S2. The third-order valence-electron chi connectivity index (χ3n) is 5.62. The van der Waals surface area contributed by atoms with Crippen LogP contribution in [0.25, 0.3) is 22.0 Å². The van der Waals surface area contributed by atoms with Crippen LogP contribution in [0.3, 0.4) is 0 Å². The maximum Gasteiger partial charge on any atom is 0.257 e. The first-order valence-corrected chi connectivity index (χ1v) is 12.6. The van der Waals surface area contributed by atoms with Crippen LogP contribution in [0, 0.1) is 0 Å². The lowest BCUT2D eigenvalue weighted by Crippen LogP contribution is -2.29. The van der Waals surface area contributed by atoms with Crippen LogP contribution in [-0.2, 0) is 10.0 Å². The molecule has 162 valence electrons. The molecule has 1 N–H and O–H groups in total. The van der Waals surface area contributed by atoms with E-state index in [1.54, 1.807) is 7.05 Å². The Hall–Kier alpha value is -3.07. The van der Waals surface area contributed by atoms with E-state index < -0.39 is 10.0 Å². The Morgan fingerprint density at radius 1 is 1.03 bits per heavy atom. The molecule has 8 heteroatoms. The van der Waals surface area contributed by atoms with Gasteiger partial charge in [-0.3, -0.25) is 10.1 Å². The van der Waals surface area contributed by atoms with Gasteiger partial charge >= 0.3 is 0 Å². The number of carbonyl (C=O) groups excluding carboxylic acids is 1. The summed E-state index contributed by atoms with van der Waals surface area (Å²) in [5.74, 6) is -0.330. The zero-order valence-corrected chi connectivity index (χ0v) is 19.0. The van der Waals surface area contributed by atoms with Crippen LogP contribution in [-0.4, -0.2) is 36.7 Å². The average molecular weight is 464 g/mol.